The molecule has 0 radical (unpaired) electrons. The van der Waals surface area contributed by atoms with Crippen LogP contribution in [0.2, 0.25) is 0 Å². The van der Waals surface area contributed by atoms with Gasteiger partial charge in [-0.2, -0.15) is 0 Å². The number of rotatable bonds is 4. The van der Waals surface area contributed by atoms with Crippen molar-refractivity contribution in [3.05, 3.63) is 34.3 Å². The molecular formula is C12H13BrO. The maximum Gasteiger partial charge on any atom is 0.136 e. The number of hydrogen-bond acceptors (Lipinski definition) is 1. The van der Waals surface area contributed by atoms with Crippen LogP contribution in [0.25, 0.3) is 0 Å². The van der Waals surface area contributed by atoms with E-state index in [0.29, 0.717) is 18.1 Å². The molecular weight excluding hydrogens is 240 g/mol. The van der Waals surface area contributed by atoms with Crippen molar-refractivity contribution >= 4 is 21.7 Å². The molecule has 0 bridgehead atoms. The largest absolute Gasteiger partial charge is 0.299 e. The molecule has 0 N–H and O–H groups in total. The zero-order chi connectivity index (χ0) is 9.97. The molecule has 0 saturated heterocycles. The van der Waals surface area contributed by atoms with Crippen LogP contribution in [0.15, 0.2) is 28.7 Å². The van der Waals surface area contributed by atoms with Crippen LogP contribution in [-0.2, 0) is 11.2 Å². The zero-order valence-electron chi connectivity index (χ0n) is 8.00. The summed E-state index contributed by atoms with van der Waals surface area (Å²) in [5.41, 5.74) is 1.24. The minimum Gasteiger partial charge on any atom is -0.299 e. The normalized spacial score (nSPS) is 15.5. The third kappa shape index (κ3) is 2.68. The topological polar surface area (TPSA) is 17.1 Å². The second-order valence-corrected chi connectivity index (χ2v) is 4.79. The highest BCUT2D eigenvalue weighted by Crippen LogP contribution is 2.31. The number of carbonyl (C=O) groups is 1. The van der Waals surface area contributed by atoms with Crippen LogP contribution in [-0.4, -0.2) is 5.78 Å². The number of benzene rings is 1. The number of carbonyl (C=O) groups excluding carboxylic acids is 1. The summed E-state index contributed by atoms with van der Waals surface area (Å²) in [7, 11) is 0. The fourth-order valence-corrected chi connectivity index (χ4v) is 2.02. The molecule has 1 aromatic rings. The smallest absolute Gasteiger partial charge is 0.136 e. The van der Waals surface area contributed by atoms with Crippen molar-refractivity contribution in [3.63, 3.8) is 0 Å². The Hall–Kier alpha value is -0.630. The average Bonchev–Trinajstić information content (AvgIpc) is 2.97. The van der Waals surface area contributed by atoms with Gasteiger partial charge in [0.25, 0.3) is 0 Å². The lowest BCUT2D eigenvalue weighted by Crippen LogP contribution is -2.01. The molecule has 0 amide bonds. The molecule has 0 aliphatic heterocycles. The zero-order valence-corrected chi connectivity index (χ0v) is 9.59. The van der Waals surface area contributed by atoms with E-state index >= 15 is 0 Å². The molecule has 74 valence electrons. The second kappa shape index (κ2) is 4.26. The van der Waals surface area contributed by atoms with Gasteiger partial charge in [0.05, 0.1) is 0 Å². The molecule has 1 aliphatic carbocycles. The summed E-state index contributed by atoms with van der Waals surface area (Å²) in [4.78, 5) is 11.5. The van der Waals surface area contributed by atoms with Gasteiger partial charge in [0.1, 0.15) is 5.78 Å². The molecule has 1 aliphatic rings. The van der Waals surface area contributed by atoms with E-state index in [9.17, 15) is 4.79 Å². The van der Waals surface area contributed by atoms with Crippen molar-refractivity contribution < 1.29 is 4.79 Å². The summed E-state index contributed by atoms with van der Waals surface area (Å²) < 4.78 is 1.09. The first-order valence-electron chi connectivity index (χ1n) is 5.03. The van der Waals surface area contributed by atoms with Crippen LogP contribution >= 0.6 is 15.9 Å². The Balaban J connectivity index is 1.87. The van der Waals surface area contributed by atoms with Crippen LogP contribution in [0.4, 0.5) is 0 Å². The molecule has 1 nitrogen and oxygen atoms in total. The van der Waals surface area contributed by atoms with Crippen LogP contribution in [0.3, 0.4) is 0 Å². The molecule has 1 fully saturated rings. The Bertz CT molecular complexity index is 342. The molecule has 2 rings (SSSR count). The summed E-state index contributed by atoms with van der Waals surface area (Å²) in [6, 6.07) is 8.18. The van der Waals surface area contributed by atoms with Crippen molar-refractivity contribution in [2.75, 3.05) is 0 Å². The monoisotopic (exact) mass is 252 g/mol. The maximum absolute atomic E-state index is 11.5. The number of Topliss-reactive ketones (excluding diaryl/α,β-unsaturated/α-hetero) is 1. The summed E-state index contributed by atoms with van der Waals surface area (Å²) >= 11 is 3.43. The number of aryl methyl sites for hydroxylation is 1. The van der Waals surface area contributed by atoms with Crippen molar-refractivity contribution in [3.8, 4) is 0 Å². The summed E-state index contributed by atoms with van der Waals surface area (Å²) in [6.07, 6.45) is 3.84. The lowest BCUT2D eigenvalue weighted by atomic mass is 10.1. The predicted molar refractivity (Wildman–Crippen MR) is 60.2 cm³/mol. The van der Waals surface area contributed by atoms with E-state index in [-0.39, 0.29) is 0 Å². The van der Waals surface area contributed by atoms with Gasteiger partial charge in [-0.15, -0.1) is 0 Å². The number of hydrogen-bond donors (Lipinski definition) is 0. The van der Waals surface area contributed by atoms with Crippen molar-refractivity contribution in [1.29, 1.82) is 0 Å². The molecule has 1 aromatic carbocycles. The van der Waals surface area contributed by atoms with Crippen molar-refractivity contribution in [1.82, 2.24) is 0 Å². The summed E-state index contributed by atoms with van der Waals surface area (Å²) in [5, 5.41) is 0. The van der Waals surface area contributed by atoms with Crippen molar-refractivity contribution in [2.45, 2.75) is 25.7 Å². The van der Waals surface area contributed by atoms with Crippen LogP contribution in [0, 0.1) is 5.92 Å². The SMILES string of the molecule is O=C(CCc1cccc(Br)c1)C1CC1. The van der Waals surface area contributed by atoms with E-state index in [1.807, 2.05) is 12.1 Å². The van der Waals surface area contributed by atoms with Gasteiger partial charge in [0.15, 0.2) is 0 Å². The number of halogens is 1. The van der Waals surface area contributed by atoms with Gasteiger partial charge < -0.3 is 0 Å². The first-order valence-corrected chi connectivity index (χ1v) is 5.82. The van der Waals surface area contributed by atoms with E-state index < -0.39 is 0 Å². The molecule has 14 heavy (non-hydrogen) atoms. The molecule has 2 heteroatoms. The first-order chi connectivity index (χ1) is 6.75. The van der Waals surface area contributed by atoms with Gasteiger partial charge in [0.2, 0.25) is 0 Å². The minimum atomic E-state index is 0.405. The van der Waals surface area contributed by atoms with Gasteiger partial charge in [0, 0.05) is 16.8 Å². The molecule has 0 unspecified atom stereocenters. The van der Waals surface area contributed by atoms with E-state index in [1.165, 1.54) is 5.56 Å². The maximum atomic E-state index is 11.5. The Morgan fingerprint density at radius 1 is 1.43 bits per heavy atom. The van der Waals surface area contributed by atoms with Gasteiger partial charge >= 0.3 is 0 Å². The van der Waals surface area contributed by atoms with Crippen LogP contribution < -0.4 is 0 Å². The Morgan fingerprint density at radius 3 is 2.86 bits per heavy atom. The van der Waals surface area contributed by atoms with Gasteiger partial charge in [-0.3, -0.25) is 4.79 Å². The predicted octanol–water partition coefficient (Wildman–Crippen LogP) is 3.36. The fraction of sp³-hybridized carbons (Fsp3) is 0.417. The lowest BCUT2D eigenvalue weighted by Gasteiger charge is -2.00. The molecule has 0 heterocycles. The Kier molecular flexibility index (Phi) is 3.02. The van der Waals surface area contributed by atoms with E-state index in [1.54, 1.807) is 0 Å². The molecule has 1 saturated carbocycles. The fourth-order valence-electron chi connectivity index (χ4n) is 1.57. The highest BCUT2D eigenvalue weighted by atomic mass is 79.9. The first kappa shape index (κ1) is 9.91. The van der Waals surface area contributed by atoms with E-state index in [2.05, 4.69) is 28.1 Å². The van der Waals surface area contributed by atoms with E-state index in [4.69, 9.17) is 0 Å². The Labute approximate surface area is 92.6 Å². The van der Waals surface area contributed by atoms with Crippen LogP contribution in [0.5, 0.6) is 0 Å². The van der Waals surface area contributed by atoms with Gasteiger partial charge in [-0.1, -0.05) is 28.1 Å². The number of ketones is 1. The third-order valence-corrected chi connectivity index (χ3v) is 3.08. The van der Waals surface area contributed by atoms with E-state index in [0.717, 1.165) is 23.7 Å². The quantitative estimate of drug-likeness (QED) is 0.804. The molecule has 0 atom stereocenters. The minimum absolute atomic E-state index is 0.405. The molecule has 0 aromatic heterocycles. The third-order valence-electron chi connectivity index (χ3n) is 2.58. The van der Waals surface area contributed by atoms with Crippen LogP contribution in [0.1, 0.15) is 24.8 Å². The standard InChI is InChI=1S/C12H13BrO/c13-11-3-1-2-9(8-11)4-7-12(14)10-5-6-10/h1-3,8,10H,4-7H2. The summed E-state index contributed by atoms with van der Waals surface area (Å²) in [6.45, 7) is 0. The lowest BCUT2D eigenvalue weighted by molar-refractivity contribution is -0.120. The highest BCUT2D eigenvalue weighted by molar-refractivity contribution is 9.10. The second-order valence-electron chi connectivity index (χ2n) is 3.87. The summed E-state index contributed by atoms with van der Waals surface area (Å²) in [5.74, 6) is 0.854. The average molecular weight is 253 g/mol. The Morgan fingerprint density at radius 2 is 2.21 bits per heavy atom. The van der Waals surface area contributed by atoms with Gasteiger partial charge in [-0.25, -0.2) is 0 Å². The molecule has 0 spiro atoms. The van der Waals surface area contributed by atoms with Crippen molar-refractivity contribution in [2.24, 2.45) is 5.92 Å². The van der Waals surface area contributed by atoms with Gasteiger partial charge in [-0.05, 0) is 37.0 Å². The highest BCUT2D eigenvalue weighted by Gasteiger charge is 2.28.